The fourth-order valence-corrected chi connectivity index (χ4v) is 9.20. The quantitative estimate of drug-likeness (QED) is 0.311. The third-order valence-electron chi connectivity index (χ3n) is 11.0. The molecule has 2 saturated carbocycles. The van der Waals surface area contributed by atoms with E-state index in [-0.39, 0.29) is 48.6 Å². The average Bonchev–Trinajstić information content (AvgIpc) is 3.99. The van der Waals surface area contributed by atoms with Crippen LogP contribution in [0.1, 0.15) is 69.5 Å². The third kappa shape index (κ3) is 7.44. The number of methoxy groups -OCH3 is 1. The maximum absolute atomic E-state index is 14.4. The third-order valence-corrected chi connectivity index (χ3v) is 14.0. The van der Waals surface area contributed by atoms with Crippen LogP contribution in [-0.4, -0.2) is 101 Å². The van der Waals surface area contributed by atoms with Crippen LogP contribution < -0.4 is 19.5 Å². The molecular formula is C36H42F3N7O7S2. The highest BCUT2D eigenvalue weighted by Gasteiger charge is 2.63. The Bertz CT molecular complexity index is 2180. The summed E-state index contributed by atoms with van der Waals surface area (Å²) in [4.78, 5) is 57.8. The number of fused-ring (bicyclic) bond motifs is 3. The fourth-order valence-electron chi connectivity index (χ4n) is 7.13. The zero-order valence-corrected chi connectivity index (χ0v) is 32.4. The summed E-state index contributed by atoms with van der Waals surface area (Å²) in [5, 5.41) is 4.10. The average molecular weight is 806 g/mol. The molecule has 0 spiro atoms. The number of amides is 4. The van der Waals surface area contributed by atoms with E-state index in [9.17, 15) is 36.0 Å². The van der Waals surface area contributed by atoms with Crippen LogP contribution in [0.4, 0.5) is 18.0 Å². The number of urea groups is 1. The summed E-state index contributed by atoms with van der Waals surface area (Å²) in [7, 11) is -0.871. The van der Waals surface area contributed by atoms with Gasteiger partial charge in [0.25, 0.3) is 5.91 Å². The molecule has 14 nitrogen and oxygen atoms in total. The van der Waals surface area contributed by atoms with Crippen molar-refractivity contribution >= 4 is 50.1 Å². The van der Waals surface area contributed by atoms with Crippen molar-refractivity contribution in [1.29, 1.82) is 0 Å². The van der Waals surface area contributed by atoms with Gasteiger partial charge in [-0.15, -0.1) is 11.3 Å². The number of carbonyl (C=O) groups excluding carboxylic acids is 3. The van der Waals surface area contributed by atoms with E-state index in [0.29, 0.717) is 54.4 Å². The van der Waals surface area contributed by atoms with Gasteiger partial charge in [-0.25, -0.2) is 23.2 Å². The molecule has 2 aliphatic carbocycles. The zero-order chi connectivity index (χ0) is 39.5. The number of nitrogens with zero attached hydrogens (tertiary/aromatic N) is 5. The number of rotatable bonds is 7. The molecule has 4 aliphatic rings. The first-order valence-electron chi connectivity index (χ1n) is 18.1. The number of ether oxygens (including phenoxy) is 2. The molecule has 0 unspecified atom stereocenters. The molecular weight excluding hydrogens is 764 g/mol. The van der Waals surface area contributed by atoms with Crippen LogP contribution in [0.25, 0.3) is 21.7 Å². The number of aromatic nitrogens is 3. The van der Waals surface area contributed by atoms with E-state index in [1.807, 2.05) is 12.2 Å². The Morgan fingerprint density at radius 1 is 1.13 bits per heavy atom. The van der Waals surface area contributed by atoms with Gasteiger partial charge >= 0.3 is 12.2 Å². The number of aryl methyl sites for hydroxylation is 1. The predicted octanol–water partition coefficient (Wildman–Crippen LogP) is 4.97. The Kier molecular flexibility index (Phi) is 10.0. The minimum atomic E-state index is -4.67. The Hall–Kier alpha value is -4.52. The molecule has 7 rings (SSSR count). The van der Waals surface area contributed by atoms with Gasteiger partial charge in [0.1, 0.15) is 23.4 Å². The standard InChI is InChI=1S/C36H42F3N7O7S2/c1-20-25(52-4)11-10-23-27(20)41-28(31-40-26(19-54-31)36(37,38)39)42-30(23)53-22-12-16-46-24(17-22)29(47)43-35(32(48)44-55(50,51)34(2)13-14-34)18-21(35)9-7-5-6-8-15-45(3)33(46)49/h7,9-11,19,21-22,24H,5-6,8,12-18H2,1-4H3,(H,43,47)(H,44,48)/b9-7-/t21-,22+,24+,35-/m1/s1. The highest BCUT2D eigenvalue weighted by atomic mass is 32.2. The molecule has 3 fully saturated rings. The summed E-state index contributed by atoms with van der Waals surface area (Å²) in [5.74, 6) is -1.50. The molecule has 0 bridgehead atoms. The van der Waals surface area contributed by atoms with Crippen LogP contribution in [0.2, 0.25) is 0 Å². The number of allylic oxidation sites excluding steroid dienone is 1. The second-order valence-electron chi connectivity index (χ2n) is 14.9. The first kappa shape index (κ1) is 38.7. The summed E-state index contributed by atoms with van der Waals surface area (Å²) >= 11 is 0.732. The van der Waals surface area contributed by atoms with Gasteiger partial charge in [0.2, 0.25) is 21.8 Å². The lowest BCUT2D eigenvalue weighted by molar-refractivity contribution is -0.140. The van der Waals surface area contributed by atoms with Gasteiger partial charge in [-0.1, -0.05) is 12.2 Å². The monoisotopic (exact) mass is 805 g/mol. The van der Waals surface area contributed by atoms with Gasteiger partial charge in [-0.3, -0.25) is 14.3 Å². The van der Waals surface area contributed by atoms with Gasteiger partial charge in [0.05, 0.1) is 22.8 Å². The number of halogens is 3. The second kappa shape index (κ2) is 14.2. The lowest BCUT2D eigenvalue weighted by Crippen LogP contribution is -2.61. The number of sulfonamides is 1. The van der Waals surface area contributed by atoms with E-state index in [4.69, 9.17) is 9.47 Å². The molecule has 1 aromatic carbocycles. The van der Waals surface area contributed by atoms with Crippen molar-refractivity contribution in [3.8, 4) is 22.5 Å². The number of thiazole rings is 1. The second-order valence-corrected chi connectivity index (χ2v) is 18.0. The Morgan fingerprint density at radius 2 is 1.89 bits per heavy atom. The van der Waals surface area contributed by atoms with Crippen LogP contribution in [0.5, 0.6) is 11.6 Å². The number of benzene rings is 1. The van der Waals surface area contributed by atoms with E-state index >= 15 is 0 Å². The summed E-state index contributed by atoms with van der Waals surface area (Å²) in [6.45, 7) is 3.85. The van der Waals surface area contributed by atoms with Crippen molar-refractivity contribution < 1.29 is 45.4 Å². The minimum absolute atomic E-state index is 0.0363. The van der Waals surface area contributed by atoms with Crippen LogP contribution in [0.3, 0.4) is 0 Å². The Balaban J connectivity index is 1.21. The highest BCUT2D eigenvalue weighted by molar-refractivity contribution is 7.91. The number of piperidine rings is 1. The van der Waals surface area contributed by atoms with E-state index in [0.717, 1.165) is 23.1 Å². The molecule has 55 heavy (non-hydrogen) atoms. The molecule has 2 aliphatic heterocycles. The van der Waals surface area contributed by atoms with Crippen molar-refractivity contribution in [2.45, 2.75) is 93.8 Å². The summed E-state index contributed by atoms with van der Waals surface area (Å²) in [6.07, 6.45) is 1.76. The summed E-state index contributed by atoms with van der Waals surface area (Å²) < 4.78 is 79.8. The largest absolute Gasteiger partial charge is 0.496 e. The van der Waals surface area contributed by atoms with Crippen molar-refractivity contribution in [3.63, 3.8) is 0 Å². The first-order chi connectivity index (χ1) is 26.0. The lowest BCUT2D eigenvalue weighted by atomic mass is 9.97. The molecule has 4 amide bonds. The van der Waals surface area contributed by atoms with Crippen molar-refractivity contribution in [3.05, 3.63) is 40.9 Å². The minimum Gasteiger partial charge on any atom is -0.496 e. The molecule has 2 N–H and O–H groups in total. The topological polar surface area (TPSA) is 173 Å². The zero-order valence-electron chi connectivity index (χ0n) is 30.7. The van der Waals surface area contributed by atoms with E-state index in [1.54, 1.807) is 37.9 Å². The van der Waals surface area contributed by atoms with Gasteiger partial charge in [-0.05, 0) is 64.5 Å². The van der Waals surface area contributed by atoms with Gasteiger partial charge in [0, 0.05) is 49.8 Å². The maximum Gasteiger partial charge on any atom is 0.434 e. The van der Waals surface area contributed by atoms with Crippen molar-refractivity contribution in [2.24, 2.45) is 5.92 Å². The van der Waals surface area contributed by atoms with Crippen LogP contribution in [0, 0.1) is 12.8 Å². The molecule has 296 valence electrons. The van der Waals surface area contributed by atoms with Crippen molar-refractivity contribution in [1.82, 2.24) is 34.8 Å². The van der Waals surface area contributed by atoms with Gasteiger partial charge < -0.3 is 24.6 Å². The maximum atomic E-state index is 14.4. The molecule has 19 heteroatoms. The number of hydrogen-bond acceptors (Lipinski definition) is 11. The Labute approximate surface area is 319 Å². The molecule has 3 aromatic rings. The van der Waals surface area contributed by atoms with Crippen LogP contribution in [-0.2, 0) is 25.8 Å². The van der Waals surface area contributed by atoms with Crippen LogP contribution >= 0.6 is 11.3 Å². The van der Waals surface area contributed by atoms with E-state index < -0.39 is 62.1 Å². The summed E-state index contributed by atoms with van der Waals surface area (Å²) in [6, 6.07) is 1.84. The number of hydrogen-bond donors (Lipinski definition) is 2. The van der Waals surface area contributed by atoms with Gasteiger partial charge in [0.15, 0.2) is 16.5 Å². The number of alkyl halides is 3. The van der Waals surface area contributed by atoms with E-state index in [2.05, 4.69) is 25.0 Å². The van der Waals surface area contributed by atoms with Gasteiger partial charge in [-0.2, -0.15) is 18.2 Å². The highest BCUT2D eigenvalue weighted by Crippen LogP contribution is 2.47. The van der Waals surface area contributed by atoms with Crippen LogP contribution in [0.15, 0.2) is 29.7 Å². The smallest absolute Gasteiger partial charge is 0.434 e. The predicted molar refractivity (Wildman–Crippen MR) is 196 cm³/mol. The summed E-state index contributed by atoms with van der Waals surface area (Å²) in [5.41, 5.74) is -1.67. The molecule has 4 atom stereocenters. The molecule has 4 heterocycles. The molecule has 0 radical (unpaired) electrons. The lowest BCUT2D eigenvalue weighted by Gasteiger charge is -2.40. The number of carbonyl (C=O) groups is 3. The molecule has 2 aromatic heterocycles. The van der Waals surface area contributed by atoms with Crippen molar-refractivity contribution in [2.75, 3.05) is 27.2 Å². The number of nitrogens with one attached hydrogen (secondary N) is 2. The normalized spacial score (nSPS) is 26.3. The molecule has 1 saturated heterocycles. The fraction of sp³-hybridized carbons (Fsp3) is 0.556. The Morgan fingerprint density at radius 3 is 2.58 bits per heavy atom. The SMILES string of the molecule is COc1ccc2c(O[C@H]3CCN4C(=O)N(C)CCCC/C=C\[C@@H]5C[C@@]5(C(=O)NS(=O)(=O)C5(C)CC5)NC(=O)[C@@H]4C3)nc(-c3nc(C(F)(F)F)cs3)nc2c1C. The van der Waals surface area contributed by atoms with E-state index in [1.165, 1.54) is 12.0 Å². The first-order valence-corrected chi connectivity index (χ1v) is 20.4.